The number of hydrogen-bond acceptors (Lipinski definition) is 7. The molecule has 0 aliphatic rings. The number of nitrogens with zero attached hydrogens (tertiary/aromatic N) is 4. The fourth-order valence-corrected chi connectivity index (χ4v) is 4.17. The molecule has 2 N–H and O–H groups in total. The normalized spacial score (nSPS) is 13.0. The minimum atomic E-state index is 0.0302. The summed E-state index contributed by atoms with van der Waals surface area (Å²) in [5.74, 6) is 0.574. The standard InChI is InChI=1S/C23H24N6S/c1-4-19(18-8-6-11-25-14-18)26-16(3)21-22-20(9-12-30-22)28-23(29-21)27-15(2)17-7-5-10-24-13-17/h5-15,19,26H,3-4H2,1-2H3,(H,27,28,29). The molecule has 30 heavy (non-hydrogen) atoms. The Balaban J connectivity index is 1.61. The van der Waals surface area contributed by atoms with E-state index >= 15 is 0 Å². The summed E-state index contributed by atoms with van der Waals surface area (Å²) in [6.45, 7) is 8.50. The number of nitrogens with one attached hydrogen (secondary N) is 2. The molecule has 4 heterocycles. The van der Waals surface area contributed by atoms with Crippen LogP contribution in [0.3, 0.4) is 0 Å². The van der Waals surface area contributed by atoms with Crippen LogP contribution >= 0.6 is 11.3 Å². The lowest BCUT2D eigenvalue weighted by molar-refractivity contribution is 0.611. The summed E-state index contributed by atoms with van der Waals surface area (Å²) in [7, 11) is 0. The van der Waals surface area contributed by atoms with Gasteiger partial charge in [-0.2, -0.15) is 0 Å². The third-order valence-corrected chi connectivity index (χ3v) is 5.87. The molecule has 4 rings (SSSR count). The highest BCUT2D eigenvalue weighted by Gasteiger charge is 2.17. The Morgan fingerprint density at radius 3 is 2.47 bits per heavy atom. The Hall–Kier alpha value is -3.32. The molecule has 0 aliphatic heterocycles. The van der Waals surface area contributed by atoms with Gasteiger partial charge in [0.1, 0.15) is 5.69 Å². The molecule has 0 radical (unpaired) electrons. The summed E-state index contributed by atoms with van der Waals surface area (Å²) < 4.78 is 1.02. The SMILES string of the molecule is C=C(NC(CC)c1cccnc1)c1nc(NC(C)c2cccnc2)nc2ccsc12. The van der Waals surface area contributed by atoms with Crippen molar-refractivity contribution in [2.45, 2.75) is 32.4 Å². The lowest BCUT2D eigenvalue weighted by Crippen LogP contribution is -2.20. The van der Waals surface area contributed by atoms with E-state index in [0.29, 0.717) is 5.95 Å². The number of hydrogen-bond donors (Lipinski definition) is 2. The van der Waals surface area contributed by atoms with Crippen molar-refractivity contribution in [3.05, 3.63) is 83.9 Å². The highest BCUT2D eigenvalue weighted by molar-refractivity contribution is 7.17. The lowest BCUT2D eigenvalue weighted by atomic mass is 10.1. The maximum absolute atomic E-state index is 4.81. The van der Waals surface area contributed by atoms with Gasteiger partial charge in [0.2, 0.25) is 5.95 Å². The molecular weight excluding hydrogens is 392 g/mol. The van der Waals surface area contributed by atoms with Gasteiger partial charge in [-0.05, 0) is 48.1 Å². The second-order valence-electron chi connectivity index (χ2n) is 7.05. The zero-order valence-corrected chi connectivity index (χ0v) is 17.9. The summed E-state index contributed by atoms with van der Waals surface area (Å²) in [4.78, 5) is 17.9. The maximum Gasteiger partial charge on any atom is 0.224 e. The van der Waals surface area contributed by atoms with Gasteiger partial charge in [-0.15, -0.1) is 11.3 Å². The highest BCUT2D eigenvalue weighted by atomic mass is 32.1. The van der Waals surface area contributed by atoms with Crippen LogP contribution in [-0.2, 0) is 0 Å². The molecule has 2 atom stereocenters. The summed E-state index contributed by atoms with van der Waals surface area (Å²) in [5, 5.41) is 8.97. The van der Waals surface area contributed by atoms with Gasteiger partial charge < -0.3 is 10.6 Å². The Labute approximate surface area is 180 Å². The minimum absolute atomic E-state index is 0.0302. The molecule has 6 nitrogen and oxygen atoms in total. The predicted octanol–water partition coefficient (Wildman–Crippen LogP) is 5.37. The van der Waals surface area contributed by atoms with Crippen molar-refractivity contribution in [3.8, 4) is 0 Å². The number of anilines is 1. The third kappa shape index (κ3) is 4.31. The van der Waals surface area contributed by atoms with Crippen molar-refractivity contribution in [2.24, 2.45) is 0 Å². The first kappa shape index (κ1) is 20.0. The monoisotopic (exact) mass is 416 g/mol. The molecule has 0 saturated heterocycles. The minimum Gasteiger partial charge on any atom is -0.377 e. The Morgan fingerprint density at radius 1 is 1.07 bits per heavy atom. The molecule has 0 bridgehead atoms. The van der Waals surface area contributed by atoms with Gasteiger partial charge >= 0.3 is 0 Å². The maximum atomic E-state index is 4.81. The van der Waals surface area contributed by atoms with E-state index in [9.17, 15) is 0 Å². The fourth-order valence-electron chi connectivity index (χ4n) is 3.32. The van der Waals surface area contributed by atoms with Gasteiger partial charge in [0.05, 0.1) is 28.0 Å². The quantitative estimate of drug-likeness (QED) is 0.402. The van der Waals surface area contributed by atoms with Crippen molar-refractivity contribution in [1.82, 2.24) is 25.3 Å². The van der Waals surface area contributed by atoms with Crippen LogP contribution in [0.25, 0.3) is 15.9 Å². The van der Waals surface area contributed by atoms with Crippen LogP contribution in [0.5, 0.6) is 0 Å². The zero-order valence-electron chi connectivity index (χ0n) is 17.0. The van der Waals surface area contributed by atoms with Crippen molar-refractivity contribution < 1.29 is 0 Å². The van der Waals surface area contributed by atoms with Gasteiger partial charge in [0.15, 0.2) is 0 Å². The Morgan fingerprint density at radius 2 is 1.80 bits per heavy atom. The van der Waals surface area contributed by atoms with E-state index < -0.39 is 0 Å². The van der Waals surface area contributed by atoms with Crippen LogP contribution in [0, 0.1) is 0 Å². The first-order chi connectivity index (χ1) is 14.7. The second-order valence-corrected chi connectivity index (χ2v) is 7.97. The molecule has 7 heteroatoms. The van der Waals surface area contributed by atoms with Gasteiger partial charge in [-0.3, -0.25) is 9.97 Å². The summed E-state index contributed by atoms with van der Waals surface area (Å²) >= 11 is 1.62. The fraction of sp³-hybridized carbons (Fsp3) is 0.217. The van der Waals surface area contributed by atoms with Gasteiger partial charge in [-0.1, -0.05) is 25.6 Å². The van der Waals surface area contributed by atoms with Crippen molar-refractivity contribution in [2.75, 3.05) is 5.32 Å². The largest absolute Gasteiger partial charge is 0.377 e. The van der Waals surface area contributed by atoms with Crippen molar-refractivity contribution in [3.63, 3.8) is 0 Å². The predicted molar refractivity (Wildman–Crippen MR) is 123 cm³/mol. The van der Waals surface area contributed by atoms with Gasteiger partial charge in [0.25, 0.3) is 0 Å². The van der Waals surface area contributed by atoms with Crippen LogP contribution in [0.15, 0.2) is 67.1 Å². The molecule has 0 fully saturated rings. The second kappa shape index (κ2) is 9.00. The molecule has 4 aromatic rings. The topological polar surface area (TPSA) is 75.6 Å². The average molecular weight is 417 g/mol. The molecule has 4 aromatic heterocycles. The zero-order chi connectivity index (χ0) is 20.9. The first-order valence-corrected chi connectivity index (χ1v) is 10.8. The lowest BCUT2D eigenvalue weighted by Gasteiger charge is -2.21. The number of rotatable bonds is 8. The third-order valence-electron chi connectivity index (χ3n) is 4.96. The first-order valence-electron chi connectivity index (χ1n) is 9.93. The molecule has 0 saturated carbocycles. The van der Waals surface area contributed by atoms with Crippen molar-refractivity contribution in [1.29, 1.82) is 0 Å². The van der Waals surface area contributed by atoms with E-state index in [2.05, 4.69) is 47.1 Å². The Bertz CT molecular complexity index is 1130. The molecular formula is C23H24N6S. The number of fused-ring (bicyclic) bond motifs is 1. The molecule has 0 amide bonds. The average Bonchev–Trinajstić information content (AvgIpc) is 3.26. The van der Waals surface area contributed by atoms with Crippen LogP contribution in [0.2, 0.25) is 0 Å². The van der Waals surface area contributed by atoms with Crippen LogP contribution < -0.4 is 10.6 Å². The molecule has 152 valence electrons. The number of aromatic nitrogens is 4. The summed E-state index contributed by atoms with van der Waals surface area (Å²) in [5.41, 5.74) is 4.70. The van der Waals surface area contributed by atoms with E-state index in [1.54, 1.807) is 23.7 Å². The van der Waals surface area contributed by atoms with Crippen molar-refractivity contribution >= 4 is 33.2 Å². The van der Waals surface area contributed by atoms with E-state index in [1.807, 2.05) is 42.0 Å². The highest BCUT2D eigenvalue weighted by Crippen LogP contribution is 2.29. The van der Waals surface area contributed by atoms with Gasteiger partial charge in [-0.25, -0.2) is 9.97 Å². The molecule has 0 aromatic carbocycles. The van der Waals surface area contributed by atoms with Crippen LogP contribution in [-0.4, -0.2) is 19.9 Å². The van der Waals surface area contributed by atoms with Gasteiger partial charge in [0, 0.05) is 24.8 Å². The number of thiophene rings is 1. The molecule has 2 unspecified atom stereocenters. The van der Waals surface area contributed by atoms with E-state index in [0.717, 1.165) is 39.2 Å². The number of pyridine rings is 2. The molecule has 0 spiro atoms. The summed E-state index contributed by atoms with van der Waals surface area (Å²) in [6.07, 6.45) is 8.20. The van der Waals surface area contributed by atoms with Crippen LogP contribution in [0.1, 0.15) is 49.2 Å². The van der Waals surface area contributed by atoms with E-state index in [4.69, 9.17) is 9.97 Å². The van der Waals surface area contributed by atoms with E-state index in [-0.39, 0.29) is 12.1 Å². The summed E-state index contributed by atoms with van der Waals surface area (Å²) in [6, 6.07) is 10.1. The van der Waals surface area contributed by atoms with E-state index in [1.165, 1.54) is 0 Å². The molecule has 0 aliphatic carbocycles. The Kier molecular flexibility index (Phi) is 5.99. The van der Waals surface area contributed by atoms with Crippen LogP contribution in [0.4, 0.5) is 5.95 Å². The smallest absolute Gasteiger partial charge is 0.224 e.